The zero-order chi connectivity index (χ0) is 12.1. The van der Waals surface area contributed by atoms with Crippen molar-refractivity contribution < 1.29 is 5.11 Å². The summed E-state index contributed by atoms with van der Waals surface area (Å²) in [6.45, 7) is 2.42. The number of piperidine rings is 1. The van der Waals surface area contributed by atoms with Crippen LogP contribution < -0.4 is 5.32 Å². The predicted octanol–water partition coefficient (Wildman–Crippen LogP) is 1.40. The van der Waals surface area contributed by atoms with Crippen molar-refractivity contribution in [1.82, 2.24) is 10.2 Å². The molecule has 2 N–H and O–H groups in total. The summed E-state index contributed by atoms with van der Waals surface area (Å²) in [6, 6.07) is 10.7. The number of nitrogens with one attached hydrogen (secondary N) is 1. The molecule has 0 spiro atoms. The standard InChI is InChI=1S/C14H22N2O/c1-16-9-5-8-13(10-16)15-14(11-17)12-6-3-2-4-7-12/h2-4,6-7,13-15,17H,5,8-11H2,1H3/t13?,14-/m1/s1. The fraction of sp³-hybridized carbons (Fsp3) is 0.571. The van der Waals surface area contributed by atoms with Crippen molar-refractivity contribution >= 4 is 0 Å². The van der Waals surface area contributed by atoms with Gasteiger partial charge >= 0.3 is 0 Å². The maximum atomic E-state index is 9.50. The highest BCUT2D eigenvalue weighted by molar-refractivity contribution is 5.19. The van der Waals surface area contributed by atoms with Crippen LogP contribution >= 0.6 is 0 Å². The predicted molar refractivity (Wildman–Crippen MR) is 69.9 cm³/mol. The van der Waals surface area contributed by atoms with E-state index in [-0.39, 0.29) is 12.6 Å². The van der Waals surface area contributed by atoms with Crippen LogP contribution in [-0.4, -0.2) is 42.8 Å². The Kier molecular flexibility index (Phi) is 4.54. The summed E-state index contributed by atoms with van der Waals surface area (Å²) >= 11 is 0. The van der Waals surface area contributed by atoms with E-state index in [1.807, 2.05) is 18.2 Å². The smallest absolute Gasteiger partial charge is 0.0626 e. The Labute approximate surface area is 103 Å². The van der Waals surface area contributed by atoms with E-state index in [0.29, 0.717) is 6.04 Å². The van der Waals surface area contributed by atoms with Crippen LogP contribution in [0.3, 0.4) is 0 Å². The largest absolute Gasteiger partial charge is 0.394 e. The molecule has 1 saturated heterocycles. The van der Waals surface area contributed by atoms with Crippen LogP contribution in [0.2, 0.25) is 0 Å². The van der Waals surface area contributed by atoms with E-state index in [4.69, 9.17) is 0 Å². The third kappa shape index (κ3) is 3.53. The number of hydrogen-bond acceptors (Lipinski definition) is 3. The molecule has 0 bridgehead atoms. The molecule has 2 rings (SSSR count). The average Bonchev–Trinajstić information content (AvgIpc) is 2.37. The maximum Gasteiger partial charge on any atom is 0.0626 e. The average molecular weight is 234 g/mol. The van der Waals surface area contributed by atoms with Crippen LogP contribution in [0, 0.1) is 0 Å². The zero-order valence-corrected chi connectivity index (χ0v) is 10.5. The molecule has 0 radical (unpaired) electrons. The molecule has 0 aromatic heterocycles. The van der Waals surface area contributed by atoms with E-state index in [1.54, 1.807) is 0 Å². The second-order valence-electron chi connectivity index (χ2n) is 4.91. The number of aliphatic hydroxyl groups excluding tert-OH is 1. The van der Waals surface area contributed by atoms with Crippen LogP contribution in [0.15, 0.2) is 30.3 Å². The molecule has 17 heavy (non-hydrogen) atoms. The summed E-state index contributed by atoms with van der Waals surface area (Å²) in [6.07, 6.45) is 2.44. The van der Waals surface area contributed by atoms with E-state index in [9.17, 15) is 5.11 Å². The summed E-state index contributed by atoms with van der Waals surface area (Å²) in [5.41, 5.74) is 1.17. The number of rotatable bonds is 4. The first-order chi connectivity index (χ1) is 8.29. The molecule has 1 fully saturated rings. The van der Waals surface area contributed by atoms with E-state index in [2.05, 4.69) is 29.4 Å². The van der Waals surface area contributed by atoms with Gasteiger partial charge in [-0.1, -0.05) is 30.3 Å². The SMILES string of the molecule is CN1CCCC(N[C@H](CO)c2ccccc2)C1. The molecule has 3 nitrogen and oxygen atoms in total. The first kappa shape index (κ1) is 12.6. The van der Waals surface area contributed by atoms with Crippen LogP contribution in [0.4, 0.5) is 0 Å². The Morgan fingerprint density at radius 3 is 2.82 bits per heavy atom. The molecule has 1 aromatic rings. The second-order valence-corrected chi connectivity index (χ2v) is 4.91. The summed E-state index contributed by atoms with van der Waals surface area (Å²) in [5.74, 6) is 0. The summed E-state index contributed by atoms with van der Waals surface area (Å²) in [7, 11) is 2.16. The van der Waals surface area contributed by atoms with E-state index < -0.39 is 0 Å². The van der Waals surface area contributed by atoms with Gasteiger partial charge in [0.25, 0.3) is 0 Å². The molecule has 94 valence electrons. The third-order valence-corrected chi connectivity index (χ3v) is 3.45. The van der Waals surface area contributed by atoms with Gasteiger partial charge in [0.2, 0.25) is 0 Å². The fourth-order valence-corrected chi connectivity index (χ4v) is 2.53. The minimum Gasteiger partial charge on any atom is -0.394 e. The lowest BCUT2D eigenvalue weighted by Crippen LogP contribution is -2.45. The van der Waals surface area contributed by atoms with Gasteiger partial charge in [0.1, 0.15) is 0 Å². The van der Waals surface area contributed by atoms with Crippen LogP contribution in [0.5, 0.6) is 0 Å². The van der Waals surface area contributed by atoms with E-state index >= 15 is 0 Å². The minimum atomic E-state index is 0.0627. The third-order valence-electron chi connectivity index (χ3n) is 3.45. The molecule has 3 heteroatoms. The number of aliphatic hydroxyl groups is 1. The van der Waals surface area contributed by atoms with Crippen LogP contribution in [-0.2, 0) is 0 Å². The molecular weight excluding hydrogens is 212 g/mol. The molecule has 1 aliphatic rings. The lowest BCUT2D eigenvalue weighted by atomic mass is 10.0. The number of benzene rings is 1. The Bertz CT molecular complexity index is 328. The molecule has 0 aliphatic carbocycles. The quantitative estimate of drug-likeness (QED) is 0.826. The Hall–Kier alpha value is -0.900. The van der Waals surface area contributed by atoms with Crippen molar-refractivity contribution in [3.8, 4) is 0 Å². The van der Waals surface area contributed by atoms with E-state index in [0.717, 1.165) is 6.54 Å². The van der Waals surface area contributed by atoms with Gasteiger partial charge < -0.3 is 15.3 Å². The first-order valence-electron chi connectivity index (χ1n) is 6.40. The monoisotopic (exact) mass is 234 g/mol. The van der Waals surface area contributed by atoms with Crippen LogP contribution in [0.25, 0.3) is 0 Å². The van der Waals surface area contributed by atoms with Gasteiger partial charge in [0.15, 0.2) is 0 Å². The highest BCUT2D eigenvalue weighted by Gasteiger charge is 2.20. The van der Waals surface area contributed by atoms with Gasteiger partial charge in [-0.3, -0.25) is 0 Å². The molecule has 1 aliphatic heterocycles. The summed E-state index contributed by atoms with van der Waals surface area (Å²) in [5, 5.41) is 13.1. The molecule has 0 amide bonds. The Balaban J connectivity index is 1.95. The van der Waals surface area contributed by atoms with Gasteiger partial charge in [0, 0.05) is 12.6 Å². The normalized spacial score (nSPS) is 23.5. The molecule has 0 saturated carbocycles. The summed E-state index contributed by atoms with van der Waals surface area (Å²) in [4.78, 5) is 2.35. The molecule has 2 atom stereocenters. The molecule has 1 heterocycles. The van der Waals surface area contributed by atoms with Gasteiger partial charge in [-0.2, -0.15) is 0 Å². The van der Waals surface area contributed by atoms with Crippen molar-refractivity contribution in [1.29, 1.82) is 0 Å². The topological polar surface area (TPSA) is 35.5 Å². The highest BCUT2D eigenvalue weighted by atomic mass is 16.3. The highest BCUT2D eigenvalue weighted by Crippen LogP contribution is 2.16. The minimum absolute atomic E-state index is 0.0627. The van der Waals surface area contributed by atoms with Crippen molar-refractivity contribution in [3.05, 3.63) is 35.9 Å². The van der Waals surface area contributed by atoms with E-state index in [1.165, 1.54) is 24.9 Å². The Morgan fingerprint density at radius 1 is 1.41 bits per heavy atom. The fourth-order valence-electron chi connectivity index (χ4n) is 2.53. The zero-order valence-electron chi connectivity index (χ0n) is 10.5. The van der Waals surface area contributed by atoms with Crippen molar-refractivity contribution in [2.24, 2.45) is 0 Å². The van der Waals surface area contributed by atoms with Gasteiger partial charge in [-0.15, -0.1) is 0 Å². The maximum absolute atomic E-state index is 9.50. The second kappa shape index (κ2) is 6.15. The summed E-state index contributed by atoms with van der Waals surface area (Å²) < 4.78 is 0. The van der Waals surface area contributed by atoms with Crippen molar-refractivity contribution in [2.75, 3.05) is 26.7 Å². The number of likely N-dealkylation sites (N-methyl/N-ethyl adjacent to an activating group) is 1. The lowest BCUT2D eigenvalue weighted by Gasteiger charge is -2.33. The van der Waals surface area contributed by atoms with Gasteiger partial charge in [-0.25, -0.2) is 0 Å². The van der Waals surface area contributed by atoms with Gasteiger partial charge in [0.05, 0.1) is 12.6 Å². The lowest BCUT2D eigenvalue weighted by molar-refractivity contribution is 0.184. The number of hydrogen-bond donors (Lipinski definition) is 2. The molecule has 1 aromatic carbocycles. The van der Waals surface area contributed by atoms with Gasteiger partial charge in [-0.05, 0) is 32.0 Å². The molecular formula is C14H22N2O. The van der Waals surface area contributed by atoms with Crippen molar-refractivity contribution in [3.63, 3.8) is 0 Å². The first-order valence-corrected chi connectivity index (χ1v) is 6.40. The number of likely N-dealkylation sites (tertiary alicyclic amines) is 1. The Morgan fingerprint density at radius 2 is 2.18 bits per heavy atom. The van der Waals surface area contributed by atoms with Crippen LogP contribution in [0.1, 0.15) is 24.4 Å². The van der Waals surface area contributed by atoms with Crippen molar-refractivity contribution in [2.45, 2.75) is 24.9 Å². The number of nitrogens with zero attached hydrogens (tertiary/aromatic N) is 1. The molecule has 1 unspecified atom stereocenters.